The second-order valence-electron chi connectivity index (χ2n) is 5.89. The molecule has 0 aliphatic rings. The highest BCUT2D eigenvalue weighted by Gasteiger charge is 2.20. The smallest absolute Gasteiger partial charge is 0.237 e. The van der Waals surface area contributed by atoms with E-state index in [1.807, 2.05) is 36.4 Å². The fourth-order valence-electron chi connectivity index (χ4n) is 2.45. The Morgan fingerprint density at radius 2 is 1.82 bits per heavy atom. The molecular formula is C19H21N5O3S. The topological polar surface area (TPSA) is 104 Å². The number of nitrogen functional groups attached to an aromatic ring is 1. The van der Waals surface area contributed by atoms with Crippen LogP contribution < -0.4 is 20.6 Å². The Balaban J connectivity index is 1.69. The summed E-state index contributed by atoms with van der Waals surface area (Å²) in [6, 6.07) is 14.5. The van der Waals surface area contributed by atoms with Crippen molar-refractivity contribution in [3.8, 4) is 22.9 Å². The van der Waals surface area contributed by atoms with Gasteiger partial charge in [0.2, 0.25) is 11.1 Å². The summed E-state index contributed by atoms with van der Waals surface area (Å²) in [4.78, 5) is 12.5. The number of carbonyl (C=O) groups excluding carboxylic acids is 1. The first-order valence-corrected chi connectivity index (χ1v) is 9.36. The predicted octanol–water partition coefficient (Wildman–Crippen LogP) is 2.80. The first-order valence-electron chi connectivity index (χ1n) is 8.48. The van der Waals surface area contributed by atoms with Gasteiger partial charge in [-0.1, -0.05) is 17.8 Å². The van der Waals surface area contributed by atoms with Gasteiger partial charge in [0.15, 0.2) is 5.82 Å². The second kappa shape index (κ2) is 8.66. The lowest BCUT2D eigenvalue weighted by molar-refractivity contribution is -0.115. The number of rotatable bonds is 7. The number of hydrogen-bond donors (Lipinski definition) is 2. The van der Waals surface area contributed by atoms with Crippen LogP contribution >= 0.6 is 11.8 Å². The van der Waals surface area contributed by atoms with Crippen molar-refractivity contribution < 1.29 is 14.3 Å². The van der Waals surface area contributed by atoms with Crippen molar-refractivity contribution in [1.29, 1.82) is 0 Å². The van der Waals surface area contributed by atoms with Gasteiger partial charge in [-0.2, -0.15) is 0 Å². The third-order valence-electron chi connectivity index (χ3n) is 4.00. The highest BCUT2D eigenvalue weighted by molar-refractivity contribution is 8.00. The Labute approximate surface area is 167 Å². The molecule has 1 aromatic heterocycles. The van der Waals surface area contributed by atoms with Crippen LogP contribution in [0.15, 0.2) is 53.7 Å². The molecule has 146 valence electrons. The van der Waals surface area contributed by atoms with E-state index >= 15 is 0 Å². The average Bonchev–Trinajstić information content (AvgIpc) is 3.08. The van der Waals surface area contributed by atoms with Gasteiger partial charge in [-0.05, 0) is 43.3 Å². The summed E-state index contributed by atoms with van der Waals surface area (Å²) in [5.74, 6) is 7.88. The zero-order valence-corrected chi connectivity index (χ0v) is 16.6. The Morgan fingerprint density at radius 3 is 2.50 bits per heavy atom. The van der Waals surface area contributed by atoms with Crippen molar-refractivity contribution in [2.24, 2.45) is 0 Å². The lowest BCUT2D eigenvalue weighted by Gasteiger charge is -2.12. The maximum Gasteiger partial charge on any atom is 0.237 e. The SMILES string of the molecule is COc1ccc(-c2nnc(S[C@@H](C)C(=O)Nc3cccc(OC)c3)n2N)cc1. The highest BCUT2D eigenvalue weighted by Crippen LogP contribution is 2.27. The van der Waals surface area contributed by atoms with E-state index in [1.165, 1.54) is 16.4 Å². The van der Waals surface area contributed by atoms with E-state index in [9.17, 15) is 4.79 Å². The number of aromatic nitrogens is 3. The molecule has 9 heteroatoms. The summed E-state index contributed by atoms with van der Waals surface area (Å²) in [6.07, 6.45) is 0. The van der Waals surface area contributed by atoms with Crippen LogP contribution in [0.3, 0.4) is 0 Å². The van der Waals surface area contributed by atoms with Gasteiger partial charge in [-0.25, -0.2) is 4.68 Å². The minimum Gasteiger partial charge on any atom is -0.497 e. The molecule has 0 saturated carbocycles. The molecule has 1 amide bonds. The summed E-state index contributed by atoms with van der Waals surface area (Å²) in [6.45, 7) is 1.78. The fraction of sp³-hybridized carbons (Fsp3) is 0.211. The number of ether oxygens (including phenoxy) is 2. The molecule has 8 nitrogen and oxygen atoms in total. The molecule has 1 heterocycles. The molecule has 2 aromatic carbocycles. The fourth-order valence-corrected chi connectivity index (χ4v) is 3.22. The number of benzene rings is 2. The van der Waals surface area contributed by atoms with Crippen molar-refractivity contribution in [3.05, 3.63) is 48.5 Å². The van der Waals surface area contributed by atoms with Gasteiger partial charge in [0, 0.05) is 17.3 Å². The van der Waals surface area contributed by atoms with E-state index in [1.54, 1.807) is 33.3 Å². The lowest BCUT2D eigenvalue weighted by Crippen LogP contribution is -2.23. The summed E-state index contributed by atoms with van der Waals surface area (Å²) < 4.78 is 11.7. The van der Waals surface area contributed by atoms with Crippen molar-refractivity contribution in [2.75, 3.05) is 25.4 Å². The molecule has 0 aliphatic heterocycles. The number of thioether (sulfide) groups is 1. The number of hydrogen-bond acceptors (Lipinski definition) is 7. The molecular weight excluding hydrogens is 378 g/mol. The minimum atomic E-state index is -0.429. The molecule has 0 aliphatic carbocycles. The molecule has 0 radical (unpaired) electrons. The number of carbonyl (C=O) groups is 1. The van der Waals surface area contributed by atoms with Crippen molar-refractivity contribution >= 4 is 23.4 Å². The zero-order chi connectivity index (χ0) is 20.1. The Bertz CT molecular complexity index is 958. The predicted molar refractivity (Wildman–Crippen MR) is 109 cm³/mol. The highest BCUT2D eigenvalue weighted by atomic mass is 32.2. The van der Waals surface area contributed by atoms with E-state index < -0.39 is 5.25 Å². The van der Waals surface area contributed by atoms with E-state index in [2.05, 4.69) is 15.5 Å². The number of nitrogens with two attached hydrogens (primary N) is 1. The van der Waals surface area contributed by atoms with Crippen molar-refractivity contribution in [1.82, 2.24) is 14.9 Å². The van der Waals surface area contributed by atoms with Gasteiger partial charge >= 0.3 is 0 Å². The molecule has 0 fully saturated rings. The lowest BCUT2D eigenvalue weighted by atomic mass is 10.2. The normalized spacial score (nSPS) is 11.7. The molecule has 0 bridgehead atoms. The van der Waals surface area contributed by atoms with Crippen LogP contribution in [-0.2, 0) is 4.79 Å². The van der Waals surface area contributed by atoms with Crippen LogP contribution in [-0.4, -0.2) is 40.3 Å². The van der Waals surface area contributed by atoms with Crippen LogP contribution in [0.2, 0.25) is 0 Å². The van der Waals surface area contributed by atoms with Crippen molar-refractivity contribution in [3.63, 3.8) is 0 Å². The van der Waals surface area contributed by atoms with Gasteiger partial charge in [-0.3, -0.25) is 4.79 Å². The number of methoxy groups -OCH3 is 2. The summed E-state index contributed by atoms with van der Waals surface area (Å²) in [5.41, 5.74) is 1.46. The summed E-state index contributed by atoms with van der Waals surface area (Å²) in [7, 11) is 3.18. The zero-order valence-electron chi connectivity index (χ0n) is 15.7. The Hall–Kier alpha value is -3.20. The van der Waals surface area contributed by atoms with Crippen LogP contribution in [0.4, 0.5) is 5.69 Å². The number of anilines is 1. The Kier molecular flexibility index (Phi) is 6.05. The summed E-state index contributed by atoms with van der Waals surface area (Å²) >= 11 is 1.23. The number of nitrogens with zero attached hydrogens (tertiary/aromatic N) is 3. The monoisotopic (exact) mass is 399 g/mol. The number of amides is 1. The molecule has 3 N–H and O–H groups in total. The number of nitrogens with one attached hydrogen (secondary N) is 1. The molecule has 1 atom stereocenters. The molecule has 0 unspecified atom stereocenters. The van der Waals surface area contributed by atoms with Gasteiger partial charge in [0.05, 0.1) is 19.5 Å². The quantitative estimate of drug-likeness (QED) is 0.465. The van der Waals surface area contributed by atoms with E-state index in [4.69, 9.17) is 15.3 Å². The average molecular weight is 399 g/mol. The van der Waals surface area contributed by atoms with Gasteiger partial charge in [0.1, 0.15) is 11.5 Å². The van der Waals surface area contributed by atoms with E-state index in [0.29, 0.717) is 22.4 Å². The second-order valence-corrected chi connectivity index (χ2v) is 7.19. The van der Waals surface area contributed by atoms with Crippen molar-refractivity contribution in [2.45, 2.75) is 17.3 Å². The Morgan fingerprint density at radius 1 is 1.11 bits per heavy atom. The maximum atomic E-state index is 12.5. The van der Waals surface area contributed by atoms with Gasteiger partial charge in [-0.15, -0.1) is 10.2 Å². The first kappa shape index (κ1) is 19.6. The summed E-state index contributed by atoms with van der Waals surface area (Å²) in [5, 5.41) is 11.1. The van der Waals surface area contributed by atoms with Gasteiger partial charge < -0.3 is 20.6 Å². The third-order valence-corrected chi connectivity index (χ3v) is 5.06. The molecule has 3 rings (SSSR count). The minimum absolute atomic E-state index is 0.174. The van der Waals surface area contributed by atoms with Crippen LogP contribution in [0.5, 0.6) is 11.5 Å². The standard InChI is InChI=1S/C19H21N5O3S/c1-12(18(25)21-14-5-4-6-16(11-14)27-3)28-19-23-22-17(24(19)20)13-7-9-15(26-2)10-8-13/h4-12H,20H2,1-3H3,(H,21,25)/t12-/m0/s1. The third kappa shape index (κ3) is 4.37. The molecule has 0 saturated heterocycles. The maximum absolute atomic E-state index is 12.5. The molecule has 0 spiro atoms. The van der Waals surface area contributed by atoms with Crippen LogP contribution in [0.1, 0.15) is 6.92 Å². The van der Waals surface area contributed by atoms with E-state index in [0.717, 1.165) is 11.3 Å². The molecule has 28 heavy (non-hydrogen) atoms. The largest absolute Gasteiger partial charge is 0.497 e. The first-order chi connectivity index (χ1) is 13.5. The van der Waals surface area contributed by atoms with Gasteiger partial charge in [0.25, 0.3) is 0 Å². The van der Waals surface area contributed by atoms with Crippen LogP contribution in [0.25, 0.3) is 11.4 Å². The van der Waals surface area contributed by atoms with Crippen LogP contribution in [0, 0.1) is 0 Å². The molecule has 3 aromatic rings. The van der Waals surface area contributed by atoms with E-state index in [-0.39, 0.29) is 5.91 Å².